The summed E-state index contributed by atoms with van der Waals surface area (Å²) in [6.07, 6.45) is 2.59. The third-order valence-electron chi connectivity index (χ3n) is 2.12. The van der Waals surface area contributed by atoms with Gasteiger partial charge in [-0.3, -0.25) is 5.43 Å². The summed E-state index contributed by atoms with van der Waals surface area (Å²) in [5.74, 6) is 5.97. The average Bonchev–Trinajstić information content (AvgIpc) is 2.92. The summed E-state index contributed by atoms with van der Waals surface area (Å²) in [4.78, 5) is 16.4. The molecule has 8 nitrogen and oxygen atoms in total. The van der Waals surface area contributed by atoms with Crippen LogP contribution in [0.2, 0.25) is 0 Å². The smallest absolute Gasteiger partial charge is 0.323 e. The Balaban J connectivity index is 1.96. The first-order chi connectivity index (χ1) is 9.31. The van der Waals surface area contributed by atoms with Crippen LogP contribution in [0.25, 0.3) is 0 Å². The molecule has 0 saturated heterocycles. The second-order valence-corrected chi connectivity index (χ2v) is 4.42. The van der Waals surface area contributed by atoms with Crippen molar-refractivity contribution in [3.63, 3.8) is 0 Å². The molecule has 2 rings (SSSR count). The molecule has 102 valence electrons. The molecule has 0 amide bonds. The number of ether oxygens (including phenoxy) is 1. The van der Waals surface area contributed by atoms with Crippen molar-refractivity contribution >= 4 is 23.2 Å². The van der Waals surface area contributed by atoms with Gasteiger partial charge in [-0.25, -0.2) is 10.8 Å². The van der Waals surface area contributed by atoms with Gasteiger partial charge in [0.05, 0.1) is 11.6 Å². The molecule has 0 aromatic carbocycles. The molecule has 0 atom stereocenters. The number of nitrogens with zero attached hydrogens (tertiary/aromatic N) is 4. The van der Waals surface area contributed by atoms with Gasteiger partial charge in [0.15, 0.2) is 0 Å². The summed E-state index contributed by atoms with van der Waals surface area (Å²) < 4.78 is 5.23. The fraction of sp³-hybridized carbons (Fsp3) is 0.400. The van der Waals surface area contributed by atoms with Crippen molar-refractivity contribution in [3.8, 4) is 6.01 Å². The number of anilines is 2. The number of hydrogen-bond donors (Lipinski definition) is 3. The number of hydrogen-bond acceptors (Lipinski definition) is 9. The van der Waals surface area contributed by atoms with Gasteiger partial charge in [-0.15, -0.1) is 11.3 Å². The zero-order valence-corrected chi connectivity index (χ0v) is 11.3. The number of nitrogens with two attached hydrogens (primary N) is 1. The van der Waals surface area contributed by atoms with E-state index in [-0.39, 0.29) is 12.0 Å². The normalized spacial score (nSPS) is 10.2. The van der Waals surface area contributed by atoms with Crippen LogP contribution in [0.1, 0.15) is 11.9 Å². The highest BCUT2D eigenvalue weighted by Crippen LogP contribution is 2.11. The van der Waals surface area contributed by atoms with E-state index in [9.17, 15) is 0 Å². The predicted molar refractivity (Wildman–Crippen MR) is 73.1 cm³/mol. The lowest BCUT2D eigenvalue weighted by atomic mass is 10.4. The summed E-state index contributed by atoms with van der Waals surface area (Å²) in [5.41, 5.74) is 2.38. The fourth-order valence-electron chi connectivity index (χ4n) is 1.35. The molecule has 2 aromatic rings. The van der Waals surface area contributed by atoms with Crippen molar-refractivity contribution in [2.24, 2.45) is 5.84 Å². The Morgan fingerprint density at radius 2 is 2.16 bits per heavy atom. The van der Waals surface area contributed by atoms with Gasteiger partial charge in [-0.05, 0) is 6.92 Å². The molecular formula is C10H15N7OS. The van der Waals surface area contributed by atoms with Crippen LogP contribution in [0.3, 0.4) is 0 Å². The van der Waals surface area contributed by atoms with E-state index in [1.165, 1.54) is 0 Å². The Hall–Kier alpha value is -2.00. The Morgan fingerprint density at radius 1 is 1.32 bits per heavy atom. The van der Waals surface area contributed by atoms with Crippen molar-refractivity contribution < 1.29 is 4.74 Å². The molecule has 2 aromatic heterocycles. The van der Waals surface area contributed by atoms with Crippen LogP contribution in [0.4, 0.5) is 11.9 Å². The van der Waals surface area contributed by atoms with Crippen LogP contribution < -0.4 is 21.3 Å². The lowest BCUT2D eigenvalue weighted by Gasteiger charge is -2.07. The van der Waals surface area contributed by atoms with Crippen LogP contribution >= 0.6 is 11.3 Å². The van der Waals surface area contributed by atoms with E-state index in [0.29, 0.717) is 19.1 Å². The first-order valence-electron chi connectivity index (χ1n) is 5.79. The average molecular weight is 281 g/mol. The SMILES string of the molecule is CCOc1nc(NN)nc(NCCc2nccs2)n1. The summed E-state index contributed by atoms with van der Waals surface area (Å²) in [6, 6.07) is 0.238. The molecule has 0 radical (unpaired) electrons. The molecule has 4 N–H and O–H groups in total. The van der Waals surface area contributed by atoms with Crippen molar-refractivity contribution in [2.45, 2.75) is 13.3 Å². The van der Waals surface area contributed by atoms with Crippen LogP contribution in [-0.2, 0) is 6.42 Å². The van der Waals surface area contributed by atoms with Gasteiger partial charge in [0.2, 0.25) is 11.9 Å². The topological polar surface area (TPSA) is 111 Å². The quantitative estimate of drug-likeness (QED) is 0.501. The van der Waals surface area contributed by atoms with Gasteiger partial charge in [0.25, 0.3) is 0 Å². The summed E-state index contributed by atoms with van der Waals surface area (Å²) in [5, 5.41) is 6.09. The van der Waals surface area contributed by atoms with Gasteiger partial charge < -0.3 is 10.1 Å². The maximum Gasteiger partial charge on any atom is 0.323 e. The monoisotopic (exact) mass is 281 g/mol. The minimum absolute atomic E-state index is 0.238. The van der Waals surface area contributed by atoms with E-state index < -0.39 is 0 Å². The fourth-order valence-corrected chi connectivity index (χ4v) is 1.97. The van der Waals surface area contributed by atoms with E-state index >= 15 is 0 Å². The highest BCUT2D eigenvalue weighted by molar-refractivity contribution is 7.09. The van der Waals surface area contributed by atoms with Gasteiger partial charge >= 0.3 is 6.01 Å². The lowest BCUT2D eigenvalue weighted by molar-refractivity contribution is 0.312. The van der Waals surface area contributed by atoms with Crippen molar-refractivity contribution in [3.05, 3.63) is 16.6 Å². The molecule has 0 unspecified atom stereocenters. The lowest BCUT2D eigenvalue weighted by Crippen LogP contribution is -2.15. The molecule has 0 saturated carbocycles. The van der Waals surface area contributed by atoms with Crippen LogP contribution in [-0.4, -0.2) is 33.1 Å². The van der Waals surface area contributed by atoms with Gasteiger partial charge in [0.1, 0.15) is 0 Å². The van der Waals surface area contributed by atoms with E-state index in [1.54, 1.807) is 17.5 Å². The summed E-state index contributed by atoms with van der Waals surface area (Å²) >= 11 is 1.62. The predicted octanol–water partition coefficient (Wildman–Crippen LogP) is 0.667. The van der Waals surface area contributed by atoms with Gasteiger partial charge in [-0.1, -0.05) is 0 Å². The van der Waals surface area contributed by atoms with E-state index in [4.69, 9.17) is 10.6 Å². The molecular weight excluding hydrogens is 266 g/mol. The highest BCUT2D eigenvalue weighted by Gasteiger charge is 2.06. The number of nitrogens with one attached hydrogen (secondary N) is 2. The third kappa shape index (κ3) is 4.00. The molecule has 0 bridgehead atoms. The number of thiazole rings is 1. The van der Waals surface area contributed by atoms with Crippen molar-refractivity contribution in [1.82, 2.24) is 19.9 Å². The first-order valence-corrected chi connectivity index (χ1v) is 6.67. The molecule has 9 heteroatoms. The minimum atomic E-state index is 0.238. The van der Waals surface area contributed by atoms with E-state index in [1.807, 2.05) is 12.3 Å². The van der Waals surface area contributed by atoms with Crippen LogP contribution in [0, 0.1) is 0 Å². The largest absolute Gasteiger partial charge is 0.464 e. The van der Waals surface area contributed by atoms with Crippen molar-refractivity contribution in [1.29, 1.82) is 0 Å². The zero-order valence-electron chi connectivity index (χ0n) is 10.5. The molecule has 0 aliphatic heterocycles. The number of aromatic nitrogens is 4. The molecule has 0 spiro atoms. The van der Waals surface area contributed by atoms with E-state index in [0.717, 1.165) is 11.4 Å². The maximum atomic E-state index is 5.30. The Labute approximate surface area is 114 Å². The first kappa shape index (κ1) is 13.4. The Kier molecular flexibility index (Phi) is 4.81. The minimum Gasteiger partial charge on any atom is -0.464 e. The molecule has 2 heterocycles. The standard InChI is InChI=1S/C10H15N7OS/c1-2-18-10-15-8(14-9(16-10)17-11)13-4-3-7-12-5-6-19-7/h5-6H,2-4,11H2,1H3,(H2,13,14,15,16,17). The Bertz CT molecular complexity index is 505. The molecule has 0 fully saturated rings. The highest BCUT2D eigenvalue weighted by atomic mass is 32.1. The molecule has 0 aliphatic carbocycles. The summed E-state index contributed by atoms with van der Waals surface area (Å²) in [6.45, 7) is 3.01. The van der Waals surface area contributed by atoms with Crippen LogP contribution in [0.15, 0.2) is 11.6 Å². The second kappa shape index (κ2) is 6.81. The number of nitrogen functional groups attached to an aromatic ring is 1. The van der Waals surface area contributed by atoms with Gasteiger partial charge in [-0.2, -0.15) is 15.0 Å². The second-order valence-electron chi connectivity index (χ2n) is 3.45. The molecule has 0 aliphatic rings. The number of rotatable bonds is 7. The van der Waals surface area contributed by atoms with E-state index in [2.05, 4.69) is 30.7 Å². The maximum absolute atomic E-state index is 5.30. The third-order valence-corrected chi connectivity index (χ3v) is 2.96. The van der Waals surface area contributed by atoms with Gasteiger partial charge in [0, 0.05) is 24.5 Å². The summed E-state index contributed by atoms with van der Waals surface area (Å²) in [7, 11) is 0. The Morgan fingerprint density at radius 3 is 2.84 bits per heavy atom. The number of hydrazine groups is 1. The zero-order chi connectivity index (χ0) is 13.5. The van der Waals surface area contributed by atoms with Crippen LogP contribution in [0.5, 0.6) is 6.01 Å². The molecule has 19 heavy (non-hydrogen) atoms. The van der Waals surface area contributed by atoms with Crippen molar-refractivity contribution in [2.75, 3.05) is 23.9 Å².